The highest BCUT2D eigenvalue weighted by Gasteiger charge is 2.30. The summed E-state index contributed by atoms with van der Waals surface area (Å²) >= 11 is 0. The SMILES string of the molecule is CC1CCN(c2ccc(N3CCN(C(=O)c4noc5c4CCCC5)CC3)nn2)CC1. The minimum Gasteiger partial charge on any atom is -0.360 e. The van der Waals surface area contributed by atoms with Crippen LogP contribution in [0.5, 0.6) is 0 Å². The van der Waals surface area contributed by atoms with Crippen molar-refractivity contribution in [2.75, 3.05) is 49.1 Å². The number of piperazine rings is 1. The van der Waals surface area contributed by atoms with Crippen LogP contribution in [0.4, 0.5) is 11.6 Å². The highest BCUT2D eigenvalue weighted by atomic mass is 16.5. The van der Waals surface area contributed by atoms with Crippen molar-refractivity contribution in [3.8, 4) is 0 Å². The van der Waals surface area contributed by atoms with Crippen molar-refractivity contribution in [1.82, 2.24) is 20.3 Å². The van der Waals surface area contributed by atoms with Crippen LogP contribution in [0.1, 0.15) is 54.4 Å². The number of piperidine rings is 1. The number of hydrogen-bond acceptors (Lipinski definition) is 7. The first-order valence-corrected chi connectivity index (χ1v) is 11.3. The molecule has 0 saturated carbocycles. The van der Waals surface area contributed by atoms with Gasteiger partial charge in [-0.3, -0.25) is 4.79 Å². The van der Waals surface area contributed by atoms with E-state index in [9.17, 15) is 4.79 Å². The number of nitrogens with zero attached hydrogens (tertiary/aromatic N) is 6. The predicted octanol–water partition coefficient (Wildman–Crippen LogP) is 2.54. The van der Waals surface area contributed by atoms with Gasteiger partial charge in [0.15, 0.2) is 17.3 Å². The Morgan fingerprint density at radius 3 is 2.23 bits per heavy atom. The van der Waals surface area contributed by atoms with Crippen molar-refractivity contribution in [2.45, 2.75) is 45.4 Å². The number of amides is 1. The molecule has 2 aromatic heterocycles. The van der Waals surface area contributed by atoms with E-state index < -0.39 is 0 Å². The first-order chi connectivity index (χ1) is 14.7. The van der Waals surface area contributed by atoms with E-state index in [4.69, 9.17) is 4.52 Å². The molecule has 1 aliphatic carbocycles. The van der Waals surface area contributed by atoms with Gasteiger partial charge in [-0.2, -0.15) is 0 Å². The van der Waals surface area contributed by atoms with Crippen LogP contribution >= 0.6 is 0 Å². The zero-order valence-electron chi connectivity index (χ0n) is 17.7. The third-order valence-corrected chi connectivity index (χ3v) is 6.79. The maximum Gasteiger partial charge on any atom is 0.276 e. The van der Waals surface area contributed by atoms with Crippen molar-refractivity contribution in [3.63, 3.8) is 0 Å². The summed E-state index contributed by atoms with van der Waals surface area (Å²) in [4.78, 5) is 19.4. The number of aromatic nitrogens is 3. The Kier molecular flexibility index (Phi) is 5.31. The van der Waals surface area contributed by atoms with Gasteiger partial charge in [-0.25, -0.2) is 0 Å². The molecule has 8 nitrogen and oxygen atoms in total. The number of carbonyl (C=O) groups excluding carboxylic acids is 1. The largest absolute Gasteiger partial charge is 0.360 e. The summed E-state index contributed by atoms with van der Waals surface area (Å²) in [5, 5.41) is 13.1. The Hall–Kier alpha value is -2.64. The summed E-state index contributed by atoms with van der Waals surface area (Å²) < 4.78 is 5.43. The zero-order valence-corrected chi connectivity index (χ0v) is 17.7. The summed E-state index contributed by atoms with van der Waals surface area (Å²) in [6, 6.07) is 4.14. The molecule has 2 aliphatic heterocycles. The quantitative estimate of drug-likeness (QED) is 0.769. The number of fused-ring (bicyclic) bond motifs is 1. The Morgan fingerprint density at radius 1 is 0.933 bits per heavy atom. The Labute approximate surface area is 177 Å². The van der Waals surface area contributed by atoms with Gasteiger partial charge in [0.1, 0.15) is 5.76 Å². The van der Waals surface area contributed by atoms with E-state index in [1.54, 1.807) is 0 Å². The Morgan fingerprint density at radius 2 is 1.57 bits per heavy atom. The minimum atomic E-state index is 0.00214. The summed E-state index contributed by atoms with van der Waals surface area (Å²) in [5.41, 5.74) is 1.56. The maximum atomic E-state index is 13.0. The smallest absolute Gasteiger partial charge is 0.276 e. The van der Waals surface area contributed by atoms with Crippen LogP contribution < -0.4 is 9.80 Å². The van der Waals surface area contributed by atoms with Crippen LogP contribution in [0.2, 0.25) is 0 Å². The van der Waals surface area contributed by atoms with Crippen molar-refractivity contribution in [1.29, 1.82) is 0 Å². The van der Waals surface area contributed by atoms with Gasteiger partial charge in [0.25, 0.3) is 5.91 Å². The lowest BCUT2D eigenvalue weighted by Crippen LogP contribution is -2.49. The molecule has 2 fully saturated rings. The van der Waals surface area contributed by atoms with Crippen LogP contribution in [-0.2, 0) is 12.8 Å². The lowest BCUT2D eigenvalue weighted by atomic mass is 9.96. The molecule has 0 bridgehead atoms. The molecule has 160 valence electrons. The number of aryl methyl sites for hydroxylation is 1. The third kappa shape index (κ3) is 3.75. The summed E-state index contributed by atoms with van der Waals surface area (Å²) in [7, 11) is 0. The van der Waals surface area contributed by atoms with Crippen molar-refractivity contribution >= 4 is 17.5 Å². The van der Waals surface area contributed by atoms with Gasteiger partial charge in [0.2, 0.25) is 0 Å². The monoisotopic (exact) mass is 410 g/mol. The average molecular weight is 411 g/mol. The fourth-order valence-electron chi connectivity index (χ4n) is 4.73. The predicted molar refractivity (Wildman–Crippen MR) is 114 cm³/mol. The van der Waals surface area contributed by atoms with E-state index >= 15 is 0 Å². The highest BCUT2D eigenvalue weighted by Crippen LogP contribution is 2.26. The maximum absolute atomic E-state index is 13.0. The van der Waals surface area contributed by atoms with Crippen LogP contribution in [0.3, 0.4) is 0 Å². The topological polar surface area (TPSA) is 78.6 Å². The molecule has 8 heteroatoms. The first kappa shape index (κ1) is 19.3. The molecular formula is C22H30N6O2. The summed E-state index contributed by atoms with van der Waals surface area (Å²) in [6.07, 6.45) is 6.45. The highest BCUT2D eigenvalue weighted by molar-refractivity contribution is 5.94. The molecular weight excluding hydrogens is 380 g/mol. The van der Waals surface area contributed by atoms with Crippen molar-refractivity contribution < 1.29 is 9.32 Å². The lowest BCUT2D eigenvalue weighted by Gasteiger charge is -2.35. The van der Waals surface area contributed by atoms with Crippen LogP contribution in [0.25, 0.3) is 0 Å². The molecule has 0 spiro atoms. The van der Waals surface area contributed by atoms with Gasteiger partial charge in [-0.05, 0) is 50.2 Å². The van der Waals surface area contributed by atoms with Crippen molar-refractivity contribution in [3.05, 3.63) is 29.2 Å². The van der Waals surface area contributed by atoms with E-state index in [0.29, 0.717) is 18.8 Å². The van der Waals surface area contributed by atoms with E-state index in [0.717, 1.165) is 80.7 Å². The Bertz CT molecular complexity index is 880. The second kappa shape index (κ2) is 8.24. The molecule has 2 saturated heterocycles. The Balaban J connectivity index is 1.19. The number of anilines is 2. The van der Waals surface area contributed by atoms with Gasteiger partial charge < -0.3 is 19.2 Å². The number of carbonyl (C=O) groups is 1. The van der Waals surface area contributed by atoms with Gasteiger partial charge in [-0.1, -0.05) is 12.1 Å². The number of hydrogen-bond donors (Lipinski definition) is 0. The van der Waals surface area contributed by atoms with Crippen LogP contribution in [-0.4, -0.2) is 65.4 Å². The van der Waals surface area contributed by atoms with E-state index in [-0.39, 0.29) is 5.91 Å². The van der Waals surface area contributed by atoms with E-state index in [1.807, 2.05) is 4.90 Å². The number of rotatable bonds is 3. The molecule has 5 rings (SSSR count). The molecule has 1 amide bonds. The van der Waals surface area contributed by atoms with Crippen LogP contribution in [0.15, 0.2) is 16.7 Å². The fraction of sp³-hybridized carbons (Fsp3) is 0.636. The zero-order chi connectivity index (χ0) is 20.5. The minimum absolute atomic E-state index is 0.00214. The van der Waals surface area contributed by atoms with Gasteiger partial charge in [-0.15, -0.1) is 10.2 Å². The molecule has 0 N–H and O–H groups in total. The molecule has 0 atom stereocenters. The summed E-state index contributed by atoms with van der Waals surface area (Å²) in [6.45, 7) is 7.25. The molecule has 4 heterocycles. The van der Waals surface area contributed by atoms with Gasteiger partial charge >= 0.3 is 0 Å². The van der Waals surface area contributed by atoms with E-state index in [1.165, 1.54) is 12.8 Å². The molecule has 30 heavy (non-hydrogen) atoms. The normalized spacial score (nSPS) is 20.4. The standard InChI is InChI=1S/C22H30N6O2/c1-16-8-10-26(11-9-16)19-6-7-20(24-23-19)27-12-14-28(15-13-27)22(29)21-17-4-2-3-5-18(17)30-25-21/h6-7,16H,2-5,8-15H2,1H3. The molecule has 0 radical (unpaired) electrons. The molecule has 0 aromatic carbocycles. The lowest BCUT2D eigenvalue weighted by molar-refractivity contribution is 0.0735. The van der Waals surface area contributed by atoms with Gasteiger partial charge in [0.05, 0.1) is 0 Å². The van der Waals surface area contributed by atoms with Gasteiger partial charge in [0, 0.05) is 51.3 Å². The summed E-state index contributed by atoms with van der Waals surface area (Å²) in [5.74, 6) is 3.56. The van der Waals surface area contributed by atoms with Crippen molar-refractivity contribution in [2.24, 2.45) is 5.92 Å². The second-order valence-corrected chi connectivity index (χ2v) is 8.84. The fourth-order valence-corrected chi connectivity index (χ4v) is 4.73. The third-order valence-electron chi connectivity index (χ3n) is 6.79. The van der Waals surface area contributed by atoms with E-state index in [2.05, 4.69) is 44.2 Å². The second-order valence-electron chi connectivity index (χ2n) is 8.84. The molecule has 3 aliphatic rings. The first-order valence-electron chi connectivity index (χ1n) is 11.3. The molecule has 2 aromatic rings. The van der Waals surface area contributed by atoms with Crippen LogP contribution in [0, 0.1) is 5.92 Å². The molecule has 0 unspecified atom stereocenters. The average Bonchev–Trinajstić information content (AvgIpc) is 3.24.